The van der Waals surface area contributed by atoms with Gasteiger partial charge in [0.05, 0.1) is 15.8 Å². The number of cyclic esters (lactones) is 1. The second-order valence-electron chi connectivity index (χ2n) is 7.82. The van der Waals surface area contributed by atoms with Crippen LogP contribution in [0.2, 0.25) is 0 Å². The highest BCUT2D eigenvalue weighted by Crippen LogP contribution is 2.38. The summed E-state index contributed by atoms with van der Waals surface area (Å²) in [5.41, 5.74) is 1.14. The van der Waals surface area contributed by atoms with E-state index in [4.69, 9.17) is 9.94 Å². The maximum Gasteiger partial charge on any atom is 0.339 e. The van der Waals surface area contributed by atoms with Crippen LogP contribution in [0.3, 0.4) is 0 Å². The number of esters is 1. The molecule has 3 heterocycles. The molecule has 2 aromatic carbocycles. The van der Waals surface area contributed by atoms with Crippen molar-refractivity contribution >= 4 is 55.8 Å². The number of benzene rings is 2. The highest BCUT2D eigenvalue weighted by Gasteiger charge is 2.46. The number of aromatic nitrogens is 2. The average Bonchev–Trinajstić information content (AvgIpc) is 3.44. The summed E-state index contributed by atoms with van der Waals surface area (Å²) in [4.78, 5) is 60.2. The van der Waals surface area contributed by atoms with E-state index in [0.29, 0.717) is 15.8 Å². The smallest absolute Gasteiger partial charge is 0.339 e. The molecule has 11 nitrogen and oxygen atoms in total. The van der Waals surface area contributed by atoms with E-state index < -0.39 is 40.7 Å². The summed E-state index contributed by atoms with van der Waals surface area (Å²) < 4.78 is 5.88. The minimum atomic E-state index is -1.65. The standard InChI is InChI=1S/C24H16N4O7S/c29-19(12-7-9-25-10-8-12)18(21-14-3-1-2-4-15(14)23(32)35-21)20(30)22(31)27-24-26-16-6-5-13(28(33)34)11-17(16)36-24/h1-11,18,21,28,33H,(H,26,27,31). The van der Waals surface area contributed by atoms with E-state index in [9.17, 15) is 24.4 Å². The Bertz CT molecular complexity index is 1520. The number of anilines is 1. The molecular weight excluding hydrogens is 488 g/mol. The van der Waals surface area contributed by atoms with E-state index in [-0.39, 0.29) is 21.9 Å². The summed E-state index contributed by atoms with van der Waals surface area (Å²) in [6.45, 7) is 0. The van der Waals surface area contributed by atoms with Crippen molar-refractivity contribution in [3.8, 4) is 0 Å². The molecule has 0 bridgehead atoms. The van der Waals surface area contributed by atoms with Gasteiger partial charge in [0.25, 0.3) is 5.91 Å². The van der Waals surface area contributed by atoms with Crippen LogP contribution in [-0.2, 0) is 14.3 Å². The first-order valence-electron chi connectivity index (χ1n) is 10.6. The number of fused-ring (bicyclic) bond motifs is 2. The minimum absolute atomic E-state index is 0.0461. The largest absolute Gasteiger partial charge is 0.595 e. The van der Waals surface area contributed by atoms with Gasteiger partial charge in [-0.2, -0.15) is 5.23 Å². The van der Waals surface area contributed by atoms with Gasteiger partial charge in [-0.15, -0.1) is 0 Å². The molecule has 1 aliphatic rings. The zero-order valence-corrected chi connectivity index (χ0v) is 19.0. The van der Waals surface area contributed by atoms with Crippen molar-refractivity contribution in [2.45, 2.75) is 6.10 Å². The molecule has 0 fully saturated rings. The highest BCUT2D eigenvalue weighted by atomic mass is 32.1. The number of carbonyl (C=O) groups excluding carboxylic acids is 4. The van der Waals surface area contributed by atoms with Gasteiger partial charge in [-0.05, 0) is 24.3 Å². The van der Waals surface area contributed by atoms with Gasteiger partial charge in [-0.1, -0.05) is 29.5 Å². The fourth-order valence-corrected chi connectivity index (χ4v) is 4.82. The number of hydrogen-bond donors (Lipinski definition) is 3. The van der Waals surface area contributed by atoms with Crippen LogP contribution >= 0.6 is 11.3 Å². The second kappa shape index (κ2) is 9.36. The third kappa shape index (κ3) is 4.25. The monoisotopic (exact) mass is 504 g/mol. The number of hydrogen-bond acceptors (Lipinski definition) is 10. The summed E-state index contributed by atoms with van der Waals surface area (Å²) >= 11 is 0.975. The van der Waals surface area contributed by atoms with E-state index in [2.05, 4.69) is 15.3 Å². The van der Waals surface area contributed by atoms with Crippen LogP contribution in [0.5, 0.6) is 0 Å². The van der Waals surface area contributed by atoms with E-state index in [0.717, 1.165) is 11.3 Å². The molecule has 3 N–H and O–H groups in total. The van der Waals surface area contributed by atoms with E-state index >= 15 is 0 Å². The molecule has 0 saturated carbocycles. The lowest BCUT2D eigenvalue weighted by Crippen LogP contribution is -2.99. The first-order chi connectivity index (χ1) is 17.3. The normalized spacial score (nSPS) is 16.2. The van der Waals surface area contributed by atoms with Gasteiger partial charge >= 0.3 is 5.97 Å². The zero-order valence-electron chi connectivity index (χ0n) is 18.2. The van der Waals surface area contributed by atoms with Crippen molar-refractivity contribution < 1.29 is 34.3 Å². The van der Waals surface area contributed by atoms with Crippen LogP contribution < -0.4 is 10.5 Å². The third-order valence-corrected chi connectivity index (χ3v) is 6.57. The van der Waals surface area contributed by atoms with Crippen LogP contribution in [0.1, 0.15) is 32.4 Å². The zero-order chi connectivity index (χ0) is 25.4. The van der Waals surface area contributed by atoms with Gasteiger partial charge in [0.2, 0.25) is 5.78 Å². The van der Waals surface area contributed by atoms with Crippen molar-refractivity contribution in [1.82, 2.24) is 9.97 Å². The summed E-state index contributed by atoms with van der Waals surface area (Å²) in [7, 11) is 0. The summed E-state index contributed by atoms with van der Waals surface area (Å²) in [6.07, 6.45) is 1.45. The fourth-order valence-electron chi connectivity index (χ4n) is 3.92. The number of thiazole rings is 1. The molecule has 180 valence electrons. The molecule has 3 atom stereocenters. The fraction of sp³-hybridized carbons (Fsp3) is 0.0833. The number of quaternary nitrogens is 1. The van der Waals surface area contributed by atoms with Gasteiger partial charge in [0, 0.05) is 35.7 Å². The van der Waals surface area contributed by atoms with E-state index in [1.807, 2.05) is 0 Å². The number of amides is 1. The number of rotatable bonds is 7. The number of ether oxygens (including phenoxy) is 1. The Labute approximate surface area is 206 Å². The van der Waals surface area contributed by atoms with E-state index in [1.165, 1.54) is 48.8 Å². The second-order valence-corrected chi connectivity index (χ2v) is 8.85. The number of carbonyl (C=O) groups is 4. The molecule has 0 radical (unpaired) electrons. The molecule has 1 amide bonds. The lowest BCUT2D eigenvalue weighted by atomic mass is 9.85. The molecule has 1 aliphatic heterocycles. The van der Waals surface area contributed by atoms with Gasteiger partial charge in [0.15, 0.2) is 16.6 Å². The van der Waals surface area contributed by atoms with Crippen molar-refractivity contribution in [3.05, 3.63) is 88.9 Å². The number of pyridine rings is 1. The molecule has 2 aromatic heterocycles. The van der Waals surface area contributed by atoms with Gasteiger partial charge in [-0.3, -0.25) is 24.7 Å². The predicted molar refractivity (Wildman–Crippen MR) is 126 cm³/mol. The van der Waals surface area contributed by atoms with Crippen LogP contribution in [0.4, 0.5) is 10.8 Å². The topological polar surface area (TPSA) is 163 Å². The average molecular weight is 504 g/mol. The first kappa shape index (κ1) is 23.4. The maximum atomic E-state index is 13.4. The molecule has 12 heteroatoms. The van der Waals surface area contributed by atoms with E-state index in [1.54, 1.807) is 18.2 Å². The number of Topliss-reactive ketones (excluding diaryl/α,β-unsaturated/α-hetero) is 2. The molecular formula is C24H16N4O7S. The number of nitrogens with zero attached hydrogens (tertiary/aromatic N) is 2. The molecule has 3 unspecified atom stereocenters. The molecule has 0 spiro atoms. The van der Waals surface area contributed by atoms with Crippen molar-refractivity contribution in [2.75, 3.05) is 5.32 Å². The van der Waals surface area contributed by atoms with Crippen molar-refractivity contribution in [2.24, 2.45) is 5.92 Å². The molecule has 36 heavy (non-hydrogen) atoms. The van der Waals surface area contributed by atoms with Crippen LogP contribution in [0.15, 0.2) is 67.0 Å². The third-order valence-electron chi connectivity index (χ3n) is 5.63. The Morgan fingerprint density at radius 2 is 1.86 bits per heavy atom. The van der Waals surface area contributed by atoms with Gasteiger partial charge < -0.3 is 9.94 Å². The predicted octanol–water partition coefficient (Wildman–Crippen LogP) is 2.01. The summed E-state index contributed by atoms with van der Waals surface area (Å²) in [5, 5.41) is 21.7. The lowest BCUT2D eigenvalue weighted by Gasteiger charge is -2.20. The molecule has 4 aromatic rings. The Kier molecular flexibility index (Phi) is 6.08. The summed E-state index contributed by atoms with van der Waals surface area (Å²) in [6, 6.07) is 13.4. The van der Waals surface area contributed by atoms with Crippen LogP contribution in [0.25, 0.3) is 10.2 Å². The van der Waals surface area contributed by atoms with Crippen molar-refractivity contribution in [3.63, 3.8) is 0 Å². The van der Waals surface area contributed by atoms with Gasteiger partial charge in [0.1, 0.15) is 12.0 Å². The summed E-state index contributed by atoms with van der Waals surface area (Å²) in [5.74, 6) is -5.29. The van der Waals surface area contributed by atoms with Gasteiger partial charge in [-0.25, -0.2) is 15.0 Å². The lowest BCUT2D eigenvalue weighted by molar-refractivity contribution is -0.991. The first-order valence-corrected chi connectivity index (χ1v) is 11.4. The molecule has 0 saturated heterocycles. The number of ketones is 2. The Balaban J connectivity index is 1.47. The Morgan fingerprint density at radius 1 is 1.11 bits per heavy atom. The quantitative estimate of drug-likeness (QED) is 0.112. The maximum absolute atomic E-state index is 13.4. The van der Waals surface area contributed by atoms with Crippen LogP contribution in [-0.4, -0.2) is 38.6 Å². The SMILES string of the molecule is O=C(Nc1nc2ccc([NH+]([O-])O)cc2s1)C(=O)C(C(=O)c1ccncc1)C1OC(=O)c2ccccc21. The minimum Gasteiger partial charge on any atom is -0.595 e. The molecule has 0 aliphatic carbocycles. The Hall–Kier alpha value is -4.36. The van der Waals surface area contributed by atoms with Crippen molar-refractivity contribution in [1.29, 1.82) is 0 Å². The highest BCUT2D eigenvalue weighted by molar-refractivity contribution is 7.22. The molecule has 5 rings (SSSR count). The Morgan fingerprint density at radius 3 is 2.61 bits per heavy atom. The number of nitrogens with one attached hydrogen (secondary N) is 2. The van der Waals surface area contributed by atoms with Crippen LogP contribution in [0, 0.1) is 11.1 Å².